The Labute approximate surface area is 212 Å². The Bertz CT molecular complexity index is 442. The van der Waals surface area contributed by atoms with Crippen molar-refractivity contribution in [3.05, 3.63) is 0 Å². The maximum atomic E-state index is 12.4. The lowest BCUT2D eigenvalue weighted by Gasteiger charge is -2.41. The number of hydrogen-bond donors (Lipinski definition) is 4. The van der Waals surface area contributed by atoms with Crippen molar-refractivity contribution in [2.75, 3.05) is 39.3 Å². The predicted molar refractivity (Wildman–Crippen MR) is 147 cm³/mol. The number of nitrogens with zero attached hydrogens (tertiary/aromatic N) is 1. The van der Waals surface area contributed by atoms with Gasteiger partial charge in [0.15, 0.2) is 0 Å². The van der Waals surface area contributed by atoms with Crippen LogP contribution in [0, 0.1) is 0 Å². The van der Waals surface area contributed by atoms with Gasteiger partial charge in [-0.3, -0.25) is 9.69 Å². The maximum absolute atomic E-state index is 12.4. The van der Waals surface area contributed by atoms with Crippen molar-refractivity contribution in [1.82, 2.24) is 10.2 Å². The predicted octanol–water partition coefficient (Wildman–Crippen LogP) is 5.68. The van der Waals surface area contributed by atoms with Crippen molar-refractivity contribution in [3.63, 3.8) is 0 Å². The minimum absolute atomic E-state index is 0.367. The highest BCUT2D eigenvalue weighted by Gasteiger charge is 2.42. The van der Waals surface area contributed by atoms with E-state index in [1.807, 2.05) is 0 Å². The molecule has 0 heterocycles. The van der Waals surface area contributed by atoms with Crippen LogP contribution < -0.4 is 16.8 Å². The smallest absolute Gasteiger partial charge is 0.324 e. The zero-order valence-electron chi connectivity index (χ0n) is 22.9. The van der Waals surface area contributed by atoms with E-state index in [2.05, 4.69) is 24.1 Å². The Kier molecular flexibility index (Phi) is 23.5. The number of nitrogens with one attached hydrogen (secondary N) is 1. The minimum Gasteiger partial charge on any atom is -0.480 e. The molecule has 0 aromatic heterocycles. The van der Waals surface area contributed by atoms with Gasteiger partial charge in [0.1, 0.15) is 5.54 Å². The van der Waals surface area contributed by atoms with Gasteiger partial charge in [0.25, 0.3) is 0 Å². The third kappa shape index (κ3) is 16.1. The first-order chi connectivity index (χ1) is 16.6. The van der Waals surface area contributed by atoms with Gasteiger partial charge in [-0.1, -0.05) is 104 Å². The average molecular weight is 485 g/mol. The second kappa shape index (κ2) is 24.0. The molecule has 0 saturated carbocycles. The van der Waals surface area contributed by atoms with Gasteiger partial charge < -0.3 is 21.9 Å². The Hall–Kier alpha value is -0.690. The van der Waals surface area contributed by atoms with Crippen LogP contribution in [0.2, 0.25) is 0 Å². The summed E-state index contributed by atoms with van der Waals surface area (Å²) in [6.07, 6.45) is 21.5. The Morgan fingerprint density at radius 2 is 1.12 bits per heavy atom. The Morgan fingerprint density at radius 3 is 1.56 bits per heavy atom. The molecule has 0 atom stereocenters. The summed E-state index contributed by atoms with van der Waals surface area (Å²) in [7, 11) is 0. The summed E-state index contributed by atoms with van der Waals surface area (Å²) in [5.74, 6) is -0.772. The van der Waals surface area contributed by atoms with Crippen molar-refractivity contribution in [2.24, 2.45) is 11.5 Å². The van der Waals surface area contributed by atoms with Gasteiger partial charge in [0, 0.05) is 13.1 Å². The molecule has 0 saturated heterocycles. The molecule has 0 fully saturated rings. The molecule has 0 aliphatic rings. The zero-order chi connectivity index (χ0) is 25.3. The molecule has 6 N–H and O–H groups in total. The third-order valence-electron chi connectivity index (χ3n) is 7.17. The Morgan fingerprint density at radius 1 is 0.676 bits per heavy atom. The van der Waals surface area contributed by atoms with Crippen molar-refractivity contribution >= 4 is 5.97 Å². The number of aliphatic carboxylic acids is 1. The second-order valence-electron chi connectivity index (χ2n) is 10.1. The molecule has 34 heavy (non-hydrogen) atoms. The highest BCUT2D eigenvalue weighted by molar-refractivity contribution is 5.78. The standard InChI is InChI=1S/C28H60N4O2/c1-3-5-7-9-11-13-15-17-23-31-24-26-32(25-18-16-14-12-10-8-6-4-2)28(19-21-29,20-22-30)27(33)34/h31H,3-26,29-30H2,1-2H3,(H,33,34). The van der Waals surface area contributed by atoms with E-state index in [-0.39, 0.29) is 0 Å². The number of unbranched alkanes of at least 4 members (excludes halogenated alkanes) is 14. The number of rotatable bonds is 27. The summed E-state index contributed by atoms with van der Waals surface area (Å²) < 4.78 is 0. The molecule has 0 aliphatic heterocycles. The number of carboxylic acid groups (broad SMARTS) is 1. The molecular weight excluding hydrogens is 424 g/mol. The van der Waals surface area contributed by atoms with Gasteiger partial charge in [-0.05, 0) is 51.9 Å². The molecule has 204 valence electrons. The number of carboxylic acids is 1. The molecule has 6 heteroatoms. The highest BCUT2D eigenvalue weighted by atomic mass is 16.4. The van der Waals surface area contributed by atoms with E-state index >= 15 is 0 Å². The summed E-state index contributed by atoms with van der Waals surface area (Å²) in [4.78, 5) is 14.6. The van der Waals surface area contributed by atoms with Gasteiger partial charge in [0.05, 0.1) is 0 Å². The van der Waals surface area contributed by atoms with E-state index in [9.17, 15) is 9.90 Å². The van der Waals surface area contributed by atoms with Gasteiger partial charge in [-0.25, -0.2) is 0 Å². The normalized spacial score (nSPS) is 12.0. The fraction of sp³-hybridized carbons (Fsp3) is 0.964. The molecule has 6 nitrogen and oxygen atoms in total. The minimum atomic E-state index is -0.940. The van der Waals surface area contributed by atoms with Crippen LogP contribution in [0.3, 0.4) is 0 Å². The quantitative estimate of drug-likeness (QED) is 0.112. The van der Waals surface area contributed by atoms with Crippen LogP contribution in [0.15, 0.2) is 0 Å². The van der Waals surface area contributed by atoms with Crippen molar-refractivity contribution < 1.29 is 9.90 Å². The van der Waals surface area contributed by atoms with Gasteiger partial charge in [-0.15, -0.1) is 0 Å². The molecular formula is C28H60N4O2. The summed E-state index contributed by atoms with van der Waals surface area (Å²) in [5, 5.41) is 13.7. The van der Waals surface area contributed by atoms with Crippen LogP contribution in [-0.2, 0) is 4.79 Å². The third-order valence-corrected chi connectivity index (χ3v) is 7.17. The SMILES string of the molecule is CCCCCCCCCCNCCN(CCCCCCCCCC)C(CCN)(CCN)C(=O)O. The lowest BCUT2D eigenvalue weighted by Crippen LogP contribution is -2.58. The molecule has 0 amide bonds. The lowest BCUT2D eigenvalue weighted by molar-refractivity contribution is -0.153. The number of nitrogens with two attached hydrogens (primary N) is 2. The van der Waals surface area contributed by atoms with E-state index in [4.69, 9.17) is 11.5 Å². The maximum Gasteiger partial charge on any atom is 0.324 e. The van der Waals surface area contributed by atoms with Gasteiger partial charge in [0.2, 0.25) is 0 Å². The van der Waals surface area contributed by atoms with Gasteiger partial charge >= 0.3 is 5.97 Å². The number of hydrogen-bond acceptors (Lipinski definition) is 5. The first-order valence-electron chi connectivity index (χ1n) is 14.7. The van der Waals surface area contributed by atoms with E-state index in [1.165, 1.54) is 89.9 Å². The summed E-state index contributed by atoms with van der Waals surface area (Å²) >= 11 is 0. The average Bonchev–Trinajstić information content (AvgIpc) is 2.82. The molecule has 0 spiro atoms. The molecule has 0 bridgehead atoms. The van der Waals surface area contributed by atoms with Crippen molar-refractivity contribution in [3.8, 4) is 0 Å². The topological polar surface area (TPSA) is 105 Å². The summed E-state index contributed by atoms with van der Waals surface area (Å²) in [6, 6.07) is 0. The van der Waals surface area contributed by atoms with E-state index in [0.29, 0.717) is 25.9 Å². The summed E-state index contributed by atoms with van der Waals surface area (Å²) in [5.41, 5.74) is 10.8. The van der Waals surface area contributed by atoms with Crippen molar-refractivity contribution in [1.29, 1.82) is 0 Å². The monoisotopic (exact) mass is 484 g/mol. The molecule has 0 aromatic rings. The van der Waals surface area contributed by atoms with Crippen LogP contribution in [0.1, 0.15) is 129 Å². The highest BCUT2D eigenvalue weighted by Crippen LogP contribution is 2.25. The Balaban J connectivity index is 4.49. The molecule has 0 aliphatic carbocycles. The first-order valence-corrected chi connectivity index (χ1v) is 14.7. The molecule has 0 rings (SSSR count). The molecule has 0 aromatic carbocycles. The fourth-order valence-corrected chi connectivity index (χ4v) is 4.97. The van der Waals surface area contributed by atoms with Crippen molar-refractivity contribution in [2.45, 2.75) is 135 Å². The fourth-order valence-electron chi connectivity index (χ4n) is 4.97. The molecule has 0 radical (unpaired) electrons. The number of carbonyl (C=O) groups is 1. The van der Waals surface area contributed by atoms with E-state index in [1.54, 1.807) is 0 Å². The van der Waals surface area contributed by atoms with Crippen LogP contribution in [-0.4, -0.2) is 60.8 Å². The van der Waals surface area contributed by atoms with Crippen LogP contribution >= 0.6 is 0 Å². The van der Waals surface area contributed by atoms with Gasteiger partial charge in [-0.2, -0.15) is 0 Å². The summed E-state index contributed by atoms with van der Waals surface area (Å²) in [6.45, 7) is 8.61. The van der Waals surface area contributed by atoms with E-state index < -0.39 is 11.5 Å². The largest absolute Gasteiger partial charge is 0.480 e. The first kappa shape index (κ1) is 33.3. The van der Waals surface area contributed by atoms with E-state index in [0.717, 1.165) is 39.0 Å². The van der Waals surface area contributed by atoms with Crippen LogP contribution in [0.4, 0.5) is 0 Å². The second-order valence-corrected chi connectivity index (χ2v) is 10.1. The molecule has 0 unspecified atom stereocenters. The lowest BCUT2D eigenvalue weighted by atomic mass is 9.88. The van der Waals surface area contributed by atoms with Crippen LogP contribution in [0.5, 0.6) is 0 Å². The van der Waals surface area contributed by atoms with Crippen LogP contribution in [0.25, 0.3) is 0 Å². The zero-order valence-corrected chi connectivity index (χ0v) is 22.9.